The molecule has 1 aliphatic heterocycles. The number of aromatic nitrogens is 3. The molecule has 33 heavy (non-hydrogen) atoms. The number of rotatable bonds is 6. The van der Waals surface area contributed by atoms with Crippen molar-refractivity contribution in [2.45, 2.75) is 32.0 Å². The van der Waals surface area contributed by atoms with E-state index in [0.717, 1.165) is 18.5 Å². The topological polar surface area (TPSA) is 45.9 Å². The first-order valence-corrected chi connectivity index (χ1v) is 11.1. The van der Waals surface area contributed by atoms with E-state index < -0.39 is 11.9 Å². The second-order valence-corrected chi connectivity index (χ2v) is 8.78. The largest absolute Gasteiger partial charge is 0.494 e. The number of pyridine rings is 1. The van der Waals surface area contributed by atoms with Crippen molar-refractivity contribution >= 4 is 11.3 Å². The summed E-state index contributed by atoms with van der Waals surface area (Å²) in [6.07, 6.45) is -1.90. The van der Waals surface area contributed by atoms with Gasteiger partial charge in [-0.25, -0.2) is 4.39 Å². The van der Waals surface area contributed by atoms with Crippen LogP contribution in [0, 0.1) is 11.7 Å². The highest BCUT2D eigenvalue weighted by Crippen LogP contribution is 2.35. The Morgan fingerprint density at radius 1 is 1.03 bits per heavy atom. The second kappa shape index (κ2) is 8.48. The molecule has 0 bridgehead atoms. The molecule has 0 radical (unpaired) electrons. The van der Waals surface area contributed by atoms with Crippen LogP contribution in [0.5, 0.6) is 5.75 Å². The van der Waals surface area contributed by atoms with E-state index in [1.807, 2.05) is 0 Å². The fourth-order valence-electron chi connectivity index (χ4n) is 4.46. The minimum absolute atomic E-state index is 0.241. The Hall–Kier alpha value is -2.88. The average molecular weight is 463 g/mol. The zero-order chi connectivity index (χ0) is 23.2. The number of methoxy groups -OCH3 is 1. The van der Waals surface area contributed by atoms with Gasteiger partial charge in [-0.2, -0.15) is 13.2 Å². The molecule has 5 rings (SSSR count). The molecule has 1 aliphatic carbocycles. The first-order valence-electron chi connectivity index (χ1n) is 11.1. The molecular weight excluding hydrogens is 438 g/mol. The van der Waals surface area contributed by atoms with Crippen LogP contribution in [0.1, 0.15) is 29.9 Å². The van der Waals surface area contributed by atoms with Crippen molar-refractivity contribution in [3.05, 3.63) is 53.2 Å². The second-order valence-electron chi connectivity index (χ2n) is 8.78. The molecule has 10 heteroatoms. The number of alkyl halides is 3. The Labute approximate surface area is 188 Å². The minimum Gasteiger partial charge on any atom is -0.494 e. The molecule has 0 unspecified atom stereocenters. The molecule has 0 atom stereocenters. The molecule has 6 nitrogen and oxygen atoms in total. The lowest BCUT2D eigenvalue weighted by Crippen LogP contribution is -2.46. The van der Waals surface area contributed by atoms with E-state index in [9.17, 15) is 17.6 Å². The quantitative estimate of drug-likeness (QED) is 0.514. The third kappa shape index (κ3) is 4.62. The Balaban J connectivity index is 1.33. The molecule has 0 spiro atoms. The van der Waals surface area contributed by atoms with Gasteiger partial charge < -0.3 is 9.64 Å². The smallest absolute Gasteiger partial charge is 0.431 e. The molecule has 1 saturated carbocycles. The zero-order valence-electron chi connectivity index (χ0n) is 18.3. The van der Waals surface area contributed by atoms with Gasteiger partial charge in [-0.05, 0) is 48.6 Å². The Bertz CT molecular complexity index is 1150. The van der Waals surface area contributed by atoms with Gasteiger partial charge in [0.25, 0.3) is 0 Å². The first-order chi connectivity index (χ1) is 15.8. The summed E-state index contributed by atoms with van der Waals surface area (Å²) in [5.74, 6) is 0.902. The number of benzene rings is 1. The fraction of sp³-hybridized carbons (Fsp3) is 0.478. The number of halogens is 4. The highest BCUT2D eigenvalue weighted by atomic mass is 19.4. The fourth-order valence-corrected chi connectivity index (χ4v) is 4.46. The maximum atomic E-state index is 13.9. The molecular formula is C23H25F4N5O. The molecule has 1 aromatic carbocycles. The van der Waals surface area contributed by atoms with E-state index in [0.29, 0.717) is 62.2 Å². The maximum absolute atomic E-state index is 13.9. The Morgan fingerprint density at radius 3 is 2.45 bits per heavy atom. The van der Waals surface area contributed by atoms with Gasteiger partial charge in [0, 0.05) is 45.2 Å². The van der Waals surface area contributed by atoms with Gasteiger partial charge in [-0.15, -0.1) is 10.2 Å². The minimum atomic E-state index is -4.49. The highest BCUT2D eigenvalue weighted by molar-refractivity contribution is 5.59. The molecule has 3 aromatic rings. The van der Waals surface area contributed by atoms with E-state index in [-0.39, 0.29) is 11.5 Å². The van der Waals surface area contributed by atoms with Crippen molar-refractivity contribution in [1.82, 2.24) is 19.5 Å². The number of fused-ring (bicyclic) bond motifs is 1. The summed E-state index contributed by atoms with van der Waals surface area (Å²) < 4.78 is 61.6. The molecule has 0 amide bonds. The Morgan fingerprint density at radius 2 is 1.79 bits per heavy atom. The number of piperazine rings is 1. The molecule has 1 saturated heterocycles. The van der Waals surface area contributed by atoms with Crippen LogP contribution in [0.4, 0.5) is 23.2 Å². The number of hydrogen-bond donors (Lipinski definition) is 0. The molecule has 2 aliphatic rings. The third-order valence-electron chi connectivity index (χ3n) is 6.35. The van der Waals surface area contributed by atoms with Crippen molar-refractivity contribution in [2.75, 3.05) is 38.2 Å². The predicted octanol–water partition coefficient (Wildman–Crippen LogP) is 4.17. The van der Waals surface area contributed by atoms with Gasteiger partial charge in [0.1, 0.15) is 23.1 Å². The predicted molar refractivity (Wildman–Crippen MR) is 115 cm³/mol. The van der Waals surface area contributed by atoms with E-state index >= 15 is 0 Å². The van der Waals surface area contributed by atoms with Crippen molar-refractivity contribution in [3.63, 3.8) is 0 Å². The third-order valence-corrected chi connectivity index (χ3v) is 6.35. The van der Waals surface area contributed by atoms with Crippen LogP contribution >= 0.6 is 0 Å². The summed E-state index contributed by atoms with van der Waals surface area (Å²) in [4.78, 5) is 4.21. The maximum Gasteiger partial charge on any atom is 0.431 e. The molecule has 176 valence electrons. The van der Waals surface area contributed by atoms with Crippen LogP contribution in [-0.4, -0.2) is 52.8 Å². The van der Waals surface area contributed by atoms with Crippen molar-refractivity contribution in [3.8, 4) is 5.75 Å². The summed E-state index contributed by atoms with van der Waals surface area (Å²) in [5, 5.41) is 8.10. The summed E-state index contributed by atoms with van der Waals surface area (Å²) in [6.45, 7) is 3.03. The summed E-state index contributed by atoms with van der Waals surface area (Å²) in [5.41, 5.74) is 0.898. The lowest BCUT2D eigenvalue weighted by Gasteiger charge is -2.36. The molecule has 3 heterocycles. The molecule has 2 fully saturated rings. The van der Waals surface area contributed by atoms with Crippen molar-refractivity contribution < 1.29 is 22.3 Å². The standard InChI is InChI=1S/C23H25F4N5O/c1-33-19-13-17(24)4-5-18(19)31-8-6-30(7-9-31)14-16-10-20(23(25,26)27)32-21(11-15-2-3-15)28-29-22(32)12-16/h4-5,10,12-13,15H,2-3,6-9,11,14H2,1H3. The lowest BCUT2D eigenvalue weighted by atomic mass is 10.1. The monoisotopic (exact) mass is 463 g/mol. The van der Waals surface area contributed by atoms with E-state index in [2.05, 4.69) is 20.0 Å². The average Bonchev–Trinajstić information content (AvgIpc) is 3.52. The van der Waals surface area contributed by atoms with Crippen LogP contribution < -0.4 is 9.64 Å². The van der Waals surface area contributed by atoms with Gasteiger partial charge >= 0.3 is 6.18 Å². The number of ether oxygens (including phenoxy) is 1. The molecule has 0 N–H and O–H groups in total. The number of anilines is 1. The lowest BCUT2D eigenvalue weighted by molar-refractivity contribution is -0.142. The highest BCUT2D eigenvalue weighted by Gasteiger charge is 2.36. The van der Waals surface area contributed by atoms with E-state index in [1.54, 1.807) is 12.1 Å². The summed E-state index contributed by atoms with van der Waals surface area (Å²) in [6, 6.07) is 7.37. The summed E-state index contributed by atoms with van der Waals surface area (Å²) >= 11 is 0. The van der Waals surface area contributed by atoms with Gasteiger partial charge in [-0.3, -0.25) is 9.30 Å². The molecule has 2 aromatic heterocycles. The van der Waals surface area contributed by atoms with Gasteiger partial charge in [0.15, 0.2) is 5.65 Å². The Kier molecular flexibility index (Phi) is 5.64. The number of nitrogens with zero attached hydrogens (tertiary/aromatic N) is 5. The van der Waals surface area contributed by atoms with Crippen LogP contribution in [0.15, 0.2) is 30.3 Å². The number of hydrogen-bond acceptors (Lipinski definition) is 5. The normalized spacial score (nSPS) is 17.7. The van der Waals surface area contributed by atoms with Gasteiger partial charge in [-0.1, -0.05) is 0 Å². The van der Waals surface area contributed by atoms with Crippen LogP contribution in [0.25, 0.3) is 5.65 Å². The van der Waals surface area contributed by atoms with Crippen LogP contribution in [-0.2, 0) is 19.1 Å². The van der Waals surface area contributed by atoms with Gasteiger partial charge in [0.2, 0.25) is 0 Å². The zero-order valence-corrected chi connectivity index (χ0v) is 18.3. The first kappa shape index (κ1) is 21.9. The van der Waals surface area contributed by atoms with E-state index in [1.165, 1.54) is 29.7 Å². The summed E-state index contributed by atoms with van der Waals surface area (Å²) in [7, 11) is 1.50. The van der Waals surface area contributed by atoms with Gasteiger partial charge in [0.05, 0.1) is 12.8 Å². The SMILES string of the molecule is COc1cc(F)ccc1N1CCN(Cc2cc(C(F)(F)F)n3c(CC4CC4)nnc3c2)CC1. The van der Waals surface area contributed by atoms with E-state index in [4.69, 9.17) is 4.74 Å². The van der Waals surface area contributed by atoms with Crippen LogP contribution in [0.2, 0.25) is 0 Å². The van der Waals surface area contributed by atoms with Crippen molar-refractivity contribution in [1.29, 1.82) is 0 Å². The van der Waals surface area contributed by atoms with Crippen molar-refractivity contribution in [2.24, 2.45) is 5.92 Å². The van der Waals surface area contributed by atoms with Crippen LogP contribution in [0.3, 0.4) is 0 Å².